The number of terminal acetylenes is 1. The van der Waals surface area contributed by atoms with Gasteiger partial charge in [0.05, 0.1) is 12.1 Å². The first-order chi connectivity index (χ1) is 16.3. The number of carbonyl (C=O) groups is 2. The van der Waals surface area contributed by atoms with Crippen LogP contribution in [0, 0.1) is 33.1 Å². The number of rotatable bonds is 6. The van der Waals surface area contributed by atoms with Gasteiger partial charge in [-0.15, -0.1) is 28.0 Å². The molecule has 10 heteroatoms. The molecule has 3 aromatic rings. The molecular weight excluding hydrogens is 472 g/mol. The Morgan fingerprint density at radius 1 is 1.15 bits per heavy atom. The fraction of sp³-hybridized carbons (Fsp3) is 0.292. The van der Waals surface area contributed by atoms with Crippen LogP contribution in [0.25, 0.3) is 5.00 Å². The molecule has 0 fully saturated rings. The van der Waals surface area contributed by atoms with Crippen LogP contribution in [0.2, 0.25) is 5.02 Å². The van der Waals surface area contributed by atoms with Gasteiger partial charge < -0.3 is 10.6 Å². The Balaban J connectivity index is 1.71. The van der Waals surface area contributed by atoms with Crippen molar-refractivity contribution < 1.29 is 9.59 Å². The topological polar surface area (TPSA) is 101 Å². The van der Waals surface area contributed by atoms with E-state index in [0.29, 0.717) is 10.8 Å². The van der Waals surface area contributed by atoms with Crippen molar-refractivity contribution in [3.63, 3.8) is 0 Å². The zero-order valence-electron chi connectivity index (χ0n) is 19.0. The van der Waals surface area contributed by atoms with Gasteiger partial charge in [0.25, 0.3) is 5.91 Å². The number of aliphatic imine (C=N–C) groups is 1. The molecule has 0 saturated carbocycles. The van der Waals surface area contributed by atoms with Crippen molar-refractivity contribution in [2.75, 3.05) is 13.1 Å². The normalized spacial score (nSPS) is 14.3. The minimum atomic E-state index is -0.550. The number of amides is 2. The van der Waals surface area contributed by atoms with Crippen LogP contribution < -0.4 is 10.6 Å². The molecule has 0 unspecified atom stereocenters. The molecule has 174 valence electrons. The second kappa shape index (κ2) is 9.79. The number of nitrogens with zero attached hydrogens (tertiary/aromatic N) is 4. The molecule has 34 heavy (non-hydrogen) atoms. The highest BCUT2D eigenvalue weighted by Crippen LogP contribution is 2.39. The van der Waals surface area contributed by atoms with Crippen molar-refractivity contribution in [3.8, 4) is 17.3 Å². The van der Waals surface area contributed by atoms with E-state index in [1.165, 1.54) is 4.88 Å². The molecule has 4 rings (SSSR count). The molecule has 0 bridgehead atoms. The molecule has 1 atom stereocenters. The predicted octanol–water partition coefficient (Wildman–Crippen LogP) is 3.06. The van der Waals surface area contributed by atoms with Crippen LogP contribution in [0.1, 0.15) is 45.7 Å². The lowest BCUT2D eigenvalue weighted by Gasteiger charge is -2.13. The first kappa shape index (κ1) is 23.7. The molecule has 2 aromatic heterocycles. The molecule has 0 aliphatic carbocycles. The summed E-state index contributed by atoms with van der Waals surface area (Å²) >= 11 is 7.79. The van der Waals surface area contributed by atoms with Crippen molar-refractivity contribution >= 4 is 40.5 Å². The summed E-state index contributed by atoms with van der Waals surface area (Å²) < 4.78 is 2.00. The number of aryl methyl sites for hydroxylation is 2. The summed E-state index contributed by atoms with van der Waals surface area (Å²) in [6.07, 6.45) is 5.11. The number of halogens is 1. The van der Waals surface area contributed by atoms with E-state index in [9.17, 15) is 9.59 Å². The maximum atomic E-state index is 12.8. The number of aromatic nitrogens is 3. The lowest BCUT2D eigenvalue weighted by atomic mass is 9.99. The minimum Gasteiger partial charge on any atom is -0.354 e. The first-order valence-electron chi connectivity index (χ1n) is 10.7. The minimum absolute atomic E-state index is 0.0747. The van der Waals surface area contributed by atoms with Gasteiger partial charge in [-0.05, 0) is 44.4 Å². The molecule has 0 saturated heterocycles. The van der Waals surface area contributed by atoms with Crippen LogP contribution in [0.5, 0.6) is 0 Å². The number of thiophene rings is 1. The van der Waals surface area contributed by atoms with Gasteiger partial charge in [-0.2, -0.15) is 0 Å². The lowest BCUT2D eigenvalue weighted by molar-refractivity contribution is -0.121. The second-order valence-electron chi connectivity index (χ2n) is 7.86. The van der Waals surface area contributed by atoms with Crippen LogP contribution in [0.15, 0.2) is 29.3 Å². The van der Waals surface area contributed by atoms with Gasteiger partial charge in [0, 0.05) is 34.1 Å². The molecule has 8 nitrogen and oxygen atoms in total. The SMILES string of the molecule is C#CC(=O)NCCNC(=O)C[C@@H]1N=C(c2ccc(Cl)cc2)c2c(sc(C)c2C)-n2c(C)nnc21. The summed E-state index contributed by atoms with van der Waals surface area (Å²) in [6.45, 7) is 6.54. The van der Waals surface area contributed by atoms with E-state index in [-0.39, 0.29) is 25.4 Å². The lowest BCUT2D eigenvalue weighted by Crippen LogP contribution is -2.34. The maximum absolute atomic E-state index is 12.8. The standard InChI is InChI=1S/C24H23ClN6O2S/c1-5-19(32)26-10-11-27-20(33)12-18-23-30-29-15(4)31(23)24-21(13(2)14(3)34-24)22(28-18)16-6-8-17(25)9-7-16/h1,6-9,18H,10-12H2,2-4H3,(H,26,32)(H,27,33)/t18-/m0/s1. The molecule has 0 spiro atoms. The zero-order chi connectivity index (χ0) is 24.4. The summed E-state index contributed by atoms with van der Waals surface area (Å²) in [6, 6.07) is 6.97. The second-order valence-corrected chi connectivity index (χ2v) is 9.50. The molecule has 1 aromatic carbocycles. The van der Waals surface area contributed by atoms with E-state index in [1.54, 1.807) is 11.3 Å². The molecule has 3 heterocycles. The summed E-state index contributed by atoms with van der Waals surface area (Å²) in [5, 5.41) is 15.6. The highest BCUT2D eigenvalue weighted by molar-refractivity contribution is 7.15. The fourth-order valence-corrected chi connectivity index (χ4v) is 5.15. The molecule has 2 amide bonds. The fourth-order valence-electron chi connectivity index (χ4n) is 3.81. The van der Waals surface area contributed by atoms with Gasteiger partial charge in [-0.25, -0.2) is 0 Å². The third-order valence-corrected chi connectivity index (χ3v) is 7.04. The number of nitrogens with one attached hydrogen (secondary N) is 2. The van der Waals surface area contributed by atoms with E-state index in [2.05, 4.69) is 34.7 Å². The Kier molecular flexibility index (Phi) is 6.82. The average molecular weight is 495 g/mol. The Labute approximate surface area is 206 Å². The van der Waals surface area contributed by atoms with E-state index in [4.69, 9.17) is 23.0 Å². The van der Waals surface area contributed by atoms with Crippen LogP contribution in [0.3, 0.4) is 0 Å². The van der Waals surface area contributed by atoms with Crippen molar-refractivity contribution in [3.05, 3.63) is 62.5 Å². The maximum Gasteiger partial charge on any atom is 0.295 e. The van der Waals surface area contributed by atoms with E-state index < -0.39 is 11.9 Å². The van der Waals surface area contributed by atoms with Gasteiger partial charge >= 0.3 is 0 Å². The number of hydrogen-bond acceptors (Lipinski definition) is 6. The van der Waals surface area contributed by atoms with Gasteiger partial charge in [-0.3, -0.25) is 19.1 Å². The quantitative estimate of drug-likeness (QED) is 0.406. The Morgan fingerprint density at radius 3 is 2.56 bits per heavy atom. The van der Waals surface area contributed by atoms with Crippen molar-refractivity contribution in [2.45, 2.75) is 33.2 Å². The summed E-state index contributed by atoms with van der Waals surface area (Å²) in [4.78, 5) is 30.2. The average Bonchev–Trinajstić information content (AvgIpc) is 3.29. The summed E-state index contributed by atoms with van der Waals surface area (Å²) in [5.41, 5.74) is 3.83. The van der Waals surface area contributed by atoms with Gasteiger partial charge in [0.2, 0.25) is 5.91 Å². The van der Waals surface area contributed by atoms with Crippen molar-refractivity contribution in [1.29, 1.82) is 0 Å². The molecule has 1 aliphatic heterocycles. The molecule has 0 radical (unpaired) electrons. The summed E-state index contributed by atoms with van der Waals surface area (Å²) in [7, 11) is 0. The van der Waals surface area contributed by atoms with E-state index in [0.717, 1.165) is 33.2 Å². The number of benzene rings is 1. The van der Waals surface area contributed by atoms with Crippen LogP contribution in [0.4, 0.5) is 0 Å². The Morgan fingerprint density at radius 2 is 1.85 bits per heavy atom. The number of carbonyl (C=O) groups excluding carboxylic acids is 2. The first-order valence-corrected chi connectivity index (χ1v) is 11.9. The van der Waals surface area contributed by atoms with E-state index in [1.807, 2.05) is 41.7 Å². The zero-order valence-corrected chi connectivity index (χ0v) is 20.5. The molecule has 1 aliphatic rings. The van der Waals surface area contributed by atoms with Crippen LogP contribution >= 0.6 is 22.9 Å². The van der Waals surface area contributed by atoms with Gasteiger partial charge in [0.1, 0.15) is 16.9 Å². The van der Waals surface area contributed by atoms with Crippen molar-refractivity contribution in [2.24, 2.45) is 4.99 Å². The Bertz CT molecular complexity index is 1330. The third kappa shape index (κ3) is 4.60. The van der Waals surface area contributed by atoms with Gasteiger partial charge in [0.15, 0.2) is 5.82 Å². The largest absolute Gasteiger partial charge is 0.354 e. The molecule has 2 N–H and O–H groups in total. The summed E-state index contributed by atoms with van der Waals surface area (Å²) in [5.74, 6) is 2.58. The third-order valence-electron chi connectivity index (χ3n) is 5.60. The van der Waals surface area contributed by atoms with Crippen LogP contribution in [-0.2, 0) is 9.59 Å². The van der Waals surface area contributed by atoms with E-state index >= 15 is 0 Å². The number of fused-ring (bicyclic) bond motifs is 3. The van der Waals surface area contributed by atoms with Crippen LogP contribution in [-0.4, -0.2) is 45.4 Å². The number of hydrogen-bond donors (Lipinski definition) is 2. The van der Waals surface area contributed by atoms with Gasteiger partial charge in [-0.1, -0.05) is 23.7 Å². The predicted molar refractivity (Wildman–Crippen MR) is 133 cm³/mol. The monoisotopic (exact) mass is 494 g/mol. The molecular formula is C24H23ClN6O2S. The highest BCUT2D eigenvalue weighted by Gasteiger charge is 2.32. The Hall–Kier alpha value is -3.48. The van der Waals surface area contributed by atoms with Crippen molar-refractivity contribution in [1.82, 2.24) is 25.4 Å². The smallest absolute Gasteiger partial charge is 0.295 e. The highest BCUT2D eigenvalue weighted by atomic mass is 35.5.